The van der Waals surface area contributed by atoms with E-state index in [9.17, 15) is 5.11 Å². The zero-order valence-corrected chi connectivity index (χ0v) is 10.5. The van der Waals surface area contributed by atoms with Crippen LogP contribution in [0.15, 0.2) is 31.0 Å². The van der Waals surface area contributed by atoms with Gasteiger partial charge >= 0.3 is 0 Å². The average molecular weight is 236 g/mol. The Bertz CT molecular complexity index is 336. The average Bonchev–Trinajstić information content (AvgIpc) is 2.34. The molecule has 0 fully saturated rings. The van der Waals surface area contributed by atoms with E-state index < -0.39 is 6.10 Å². The predicted octanol–water partition coefficient (Wildman–Crippen LogP) is 1.77. The number of hydrogen-bond acceptors (Lipinski definition) is 4. The molecule has 0 unspecified atom stereocenters. The molecular formula is C13H20N2O2. The number of hydrogen-bond donors (Lipinski definition) is 1. The Morgan fingerprint density at radius 3 is 2.82 bits per heavy atom. The van der Waals surface area contributed by atoms with Crippen LogP contribution in [0.5, 0.6) is 0 Å². The normalized spacial score (nSPS) is 12.2. The second-order valence-electron chi connectivity index (χ2n) is 3.85. The van der Waals surface area contributed by atoms with Crippen molar-refractivity contribution in [3.63, 3.8) is 0 Å². The van der Waals surface area contributed by atoms with Crippen molar-refractivity contribution in [2.24, 2.45) is 0 Å². The third-order valence-electron chi connectivity index (χ3n) is 2.49. The molecule has 4 nitrogen and oxygen atoms in total. The first-order chi connectivity index (χ1) is 8.19. The highest BCUT2D eigenvalue weighted by Crippen LogP contribution is 2.15. The molecule has 0 bridgehead atoms. The number of nitrogens with zero attached hydrogens (tertiary/aromatic N) is 2. The van der Waals surface area contributed by atoms with E-state index in [1.54, 1.807) is 20.2 Å². The van der Waals surface area contributed by atoms with Gasteiger partial charge in [-0.3, -0.25) is 0 Å². The van der Waals surface area contributed by atoms with Crippen molar-refractivity contribution in [3.8, 4) is 0 Å². The van der Waals surface area contributed by atoms with Gasteiger partial charge in [-0.15, -0.1) is 6.58 Å². The van der Waals surface area contributed by atoms with Crippen LogP contribution in [0.3, 0.4) is 0 Å². The molecule has 0 aliphatic heterocycles. The van der Waals surface area contributed by atoms with Crippen LogP contribution >= 0.6 is 0 Å². The number of anilines is 1. The second-order valence-corrected chi connectivity index (χ2v) is 3.85. The standard InChI is InChI=1S/C13H20N2O2/c1-4-7-15(8-9-17-3)13-6-5-12(10-14-13)11(2)16/h4-6,10-11,16H,1,7-9H2,2-3H3/t11-/m1/s1. The number of methoxy groups -OCH3 is 1. The molecule has 1 rings (SSSR count). The quantitative estimate of drug-likeness (QED) is 0.733. The zero-order valence-electron chi connectivity index (χ0n) is 10.5. The van der Waals surface area contributed by atoms with Crippen molar-refractivity contribution < 1.29 is 9.84 Å². The van der Waals surface area contributed by atoms with Crippen LogP contribution in [0, 0.1) is 0 Å². The molecule has 1 aromatic heterocycles. The van der Waals surface area contributed by atoms with Crippen LogP contribution in [0.1, 0.15) is 18.6 Å². The van der Waals surface area contributed by atoms with E-state index >= 15 is 0 Å². The summed E-state index contributed by atoms with van der Waals surface area (Å²) in [5.74, 6) is 0.867. The summed E-state index contributed by atoms with van der Waals surface area (Å²) in [6.07, 6.45) is 3.05. The number of ether oxygens (including phenoxy) is 1. The highest BCUT2D eigenvalue weighted by atomic mass is 16.5. The molecule has 4 heteroatoms. The summed E-state index contributed by atoms with van der Waals surface area (Å²) in [5.41, 5.74) is 0.819. The molecule has 0 spiro atoms. The summed E-state index contributed by atoms with van der Waals surface area (Å²) in [7, 11) is 1.68. The Kier molecular flexibility index (Phi) is 5.66. The lowest BCUT2D eigenvalue weighted by molar-refractivity contribution is 0.198. The maximum atomic E-state index is 9.41. The summed E-state index contributed by atoms with van der Waals surface area (Å²) >= 11 is 0. The zero-order chi connectivity index (χ0) is 12.7. The number of rotatable bonds is 7. The second kappa shape index (κ2) is 7.04. The van der Waals surface area contributed by atoms with Gasteiger partial charge in [-0.25, -0.2) is 4.98 Å². The fraction of sp³-hybridized carbons (Fsp3) is 0.462. The van der Waals surface area contributed by atoms with Crippen LogP contribution in [-0.2, 0) is 4.74 Å². The molecule has 0 saturated carbocycles. The summed E-state index contributed by atoms with van der Waals surface area (Å²) in [4.78, 5) is 6.41. The van der Waals surface area contributed by atoms with Gasteiger partial charge in [0.25, 0.3) is 0 Å². The monoisotopic (exact) mass is 236 g/mol. The maximum absolute atomic E-state index is 9.41. The first kappa shape index (κ1) is 13.7. The fourth-order valence-corrected chi connectivity index (χ4v) is 1.49. The van der Waals surface area contributed by atoms with Crippen LogP contribution < -0.4 is 4.90 Å². The minimum atomic E-state index is -0.483. The van der Waals surface area contributed by atoms with E-state index in [0.717, 1.165) is 24.5 Å². The predicted molar refractivity (Wildman–Crippen MR) is 69.2 cm³/mol. The van der Waals surface area contributed by atoms with E-state index in [2.05, 4.69) is 16.5 Å². The van der Waals surface area contributed by atoms with Gasteiger partial charge in [0.1, 0.15) is 5.82 Å². The minimum absolute atomic E-state index is 0.483. The lowest BCUT2D eigenvalue weighted by Gasteiger charge is -2.22. The molecule has 0 amide bonds. The smallest absolute Gasteiger partial charge is 0.128 e. The number of pyridine rings is 1. The molecule has 94 valence electrons. The lowest BCUT2D eigenvalue weighted by atomic mass is 10.2. The van der Waals surface area contributed by atoms with Crippen molar-refractivity contribution in [2.45, 2.75) is 13.0 Å². The third kappa shape index (κ3) is 4.17. The van der Waals surface area contributed by atoms with Gasteiger partial charge in [-0.05, 0) is 18.6 Å². The van der Waals surface area contributed by atoms with E-state index in [1.807, 2.05) is 18.2 Å². The van der Waals surface area contributed by atoms with Gasteiger partial charge in [0.05, 0.1) is 12.7 Å². The van der Waals surface area contributed by atoms with E-state index in [-0.39, 0.29) is 0 Å². The highest BCUT2D eigenvalue weighted by molar-refractivity contribution is 5.40. The van der Waals surface area contributed by atoms with Crippen LogP contribution in [0.25, 0.3) is 0 Å². The van der Waals surface area contributed by atoms with Gasteiger partial charge in [0.15, 0.2) is 0 Å². The molecule has 17 heavy (non-hydrogen) atoms. The fourth-order valence-electron chi connectivity index (χ4n) is 1.49. The Morgan fingerprint density at radius 2 is 2.35 bits per heavy atom. The van der Waals surface area contributed by atoms with Crippen LogP contribution in [0.4, 0.5) is 5.82 Å². The Hall–Kier alpha value is -1.39. The molecule has 0 radical (unpaired) electrons. The first-order valence-electron chi connectivity index (χ1n) is 5.67. The van der Waals surface area contributed by atoms with Crippen molar-refractivity contribution >= 4 is 5.82 Å². The van der Waals surface area contributed by atoms with E-state index in [0.29, 0.717) is 6.61 Å². The van der Waals surface area contributed by atoms with Crippen molar-refractivity contribution in [3.05, 3.63) is 36.5 Å². The Morgan fingerprint density at radius 1 is 1.59 bits per heavy atom. The third-order valence-corrected chi connectivity index (χ3v) is 2.49. The first-order valence-corrected chi connectivity index (χ1v) is 5.67. The molecule has 0 aromatic carbocycles. The van der Waals surface area contributed by atoms with E-state index in [4.69, 9.17) is 4.74 Å². The Labute approximate surface area is 103 Å². The van der Waals surface area contributed by atoms with Crippen molar-refractivity contribution in [1.29, 1.82) is 0 Å². The molecule has 1 N–H and O–H groups in total. The molecular weight excluding hydrogens is 216 g/mol. The summed E-state index contributed by atoms with van der Waals surface area (Å²) in [5, 5.41) is 9.41. The van der Waals surface area contributed by atoms with Crippen molar-refractivity contribution in [2.75, 3.05) is 31.7 Å². The van der Waals surface area contributed by atoms with Crippen LogP contribution in [0.2, 0.25) is 0 Å². The van der Waals surface area contributed by atoms with Gasteiger partial charge < -0.3 is 14.7 Å². The lowest BCUT2D eigenvalue weighted by Crippen LogP contribution is -2.28. The Balaban J connectivity index is 2.75. The topological polar surface area (TPSA) is 45.6 Å². The van der Waals surface area contributed by atoms with Gasteiger partial charge in [0, 0.05) is 26.4 Å². The van der Waals surface area contributed by atoms with Gasteiger partial charge in [-0.2, -0.15) is 0 Å². The molecule has 1 aromatic rings. The summed E-state index contributed by atoms with van der Waals surface area (Å²) in [6, 6.07) is 3.79. The highest BCUT2D eigenvalue weighted by Gasteiger charge is 2.07. The SMILES string of the molecule is C=CCN(CCOC)c1ccc([C@@H](C)O)cn1. The summed E-state index contributed by atoms with van der Waals surface area (Å²) in [6.45, 7) is 7.60. The number of aliphatic hydroxyl groups is 1. The maximum Gasteiger partial charge on any atom is 0.128 e. The van der Waals surface area contributed by atoms with Crippen molar-refractivity contribution in [1.82, 2.24) is 4.98 Å². The molecule has 1 atom stereocenters. The van der Waals surface area contributed by atoms with Crippen LogP contribution in [-0.4, -0.2) is 36.9 Å². The number of aliphatic hydroxyl groups excluding tert-OH is 1. The minimum Gasteiger partial charge on any atom is -0.389 e. The molecule has 1 heterocycles. The van der Waals surface area contributed by atoms with E-state index in [1.165, 1.54) is 0 Å². The van der Waals surface area contributed by atoms with Gasteiger partial charge in [0.2, 0.25) is 0 Å². The molecule has 0 aliphatic rings. The van der Waals surface area contributed by atoms with Gasteiger partial charge in [-0.1, -0.05) is 12.1 Å². The molecule has 0 aliphatic carbocycles. The summed E-state index contributed by atoms with van der Waals surface area (Å²) < 4.78 is 5.06. The number of aromatic nitrogens is 1. The largest absolute Gasteiger partial charge is 0.389 e. The molecule has 0 saturated heterocycles.